The molecule has 11 nitrogen and oxygen atoms in total. The minimum atomic E-state index is -0.416. The van der Waals surface area contributed by atoms with Crippen molar-refractivity contribution in [3.8, 4) is 11.6 Å². The van der Waals surface area contributed by atoms with E-state index in [1.54, 1.807) is 13.3 Å². The Morgan fingerprint density at radius 2 is 1.98 bits per heavy atom. The number of methoxy groups -OCH3 is 1. The summed E-state index contributed by atoms with van der Waals surface area (Å²) in [5.74, 6) is 1.09. The van der Waals surface area contributed by atoms with Crippen molar-refractivity contribution in [2.75, 3.05) is 68.5 Å². The fraction of sp³-hybridized carbons (Fsp3) is 0.441. The maximum Gasteiger partial charge on any atom is 0.213 e. The predicted molar refractivity (Wildman–Crippen MR) is 177 cm³/mol. The van der Waals surface area contributed by atoms with E-state index in [0.29, 0.717) is 72.4 Å². The van der Waals surface area contributed by atoms with Crippen molar-refractivity contribution in [1.29, 1.82) is 0 Å². The molecule has 242 valence electrons. The molecular formula is C34H41FN8O3. The molecule has 1 aromatic carbocycles. The molecule has 3 N–H and O–H groups in total. The Kier molecular flexibility index (Phi) is 8.39. The van der Waals surface area contributed by atoms with Crippen molar-refractivity contribution in [2.45, 2.75) is 44.9 Å². The van der Waals surface area contributed by atoms with E-state index in [-0.39, 0.29) is 17.5 Å². The van der Waals surface area contributed by atoms with Crippen LogP contribution in [0.3, 0.4) is 0 Å². The molecule has 1 unspecified atom stereocenters. The van der Waals surface area contributed by atoms with Crippen LogP contribution < -0.4 is 35.8 Å². The van der Waals surface area contributed by atoms with Gasteiger partial charge in [0, 0.05) is 82.4 Å². The van der Waals surface area contributed by atoms with E-state index in [0.717, 1.165) is 50.3 Å². The number of ether oxygens (including phenoxy) is 2. The summed E-state index contributed by atoms with van der Waals surface area (Å²) < 4.78 is 29.7. The van der Waals surface area contributed by atoms with Gasteiger partial charge in [0.15, 0.2) is 17.0 Å². The second-order valence-corrected chi connectivity index (χ2v) is 12.5. The Morgan fingerprint density at radius 1 is 1.13 bits per heavy atom. The summed E-state index contributed by atoms with van der Waals surface area (Å²) in [4.78, 5) is 29.6. The molecule has 6 heterocycles. The first-order chi connectivity index (χ1) is 22.4. The number of nitrogens with zero attached hydrogens (tertiary/aromatic N) is 6. The number of rotatable bonds is 8. The van der Waals surface area contributed by atoms with E-state index in [1.807, 2.05) is 41.6 Å². The van der Waals surface area contributed by atoms with Gasteiger partial charge in [-0.2, -0.15) is 0 Å². The second-order valence-electron chi connectivity index (χ2n) is 12.5. The molecular weight excluding hydrogens is 587 g/mol. The number of piperazine rings is 1. The quantitative estimate of drug-likeness (QED) is 0.300. The lowest BCUT2D eigenvalue weighted by Crippen LogP contribution is -2.48. The van der Waals surface area contributed by atoms with E-state index in [2.05, 4.69) is 36.6 Å². The molecule has 2 fully saturated rings. The van der Waals surface area contributed by atoms with Crippen LogP contribution in [0.2, 0.25) is 0 Å². The monoisotopic (exact) mass is 628 g/mol. The molecule has 0 radical (unpaired) electrons. The molecule has 2 atom stereocenters. The predicted octanol–water partition coefficient (Wildman–Crippen LogP) is 3.56. The lowest BCUT2D eigenvalue weighted by Gasteiger charge is -2.40. The highest BCUT2D eigenvalue weighted by molar-refractivity contribution is 5.92. The van der Waals surface area contributed by atoms with Crippen molar-refractivity contribution < 1.29 is 13.9 Å². The first-order valence-electron chi connectivity index (χ1n) is 16.1. The summed E-state index contributed by atoms with van der Waals surface area (Å²) in [6.07, 6.45) is 7.51. The van der Waals surface area contributed by atoms with E-state index < -0.39 is 5.82 Å². The normalized spacial score (nSPS) is 19.8. The highest BCUT2D eigenvalue weighted by Gasteiger charge is 2.31. The molecule has 4 aromatic rings. The molecule has 46 heavy (non-hydrogen) atoms. The number of nitrogens with two attached hydrogens (primary N) is 1. The van der Waals surface area contributed by atoms with Gasteiger partial charge in [-0.3, -0.25) is 9.69 Å². The SMILES string of the molecule is COc1cc(CN(Cc2cn3c4c(c(N5CCNCC5)c(F)cc4c2=O)OCC3C)[C@H]2CCCN(c3ccc(N)nc3)C2)ccn1. The van der Waals surface area contributed by atoms with Crippen molar-refractivity contribution in [1.82, 2.24) is 24.8 Å². The fourth-order valence-corrected chi connectivity index (χ4v) is 7.06. The first-order valence-corrected chi connectivity index (χ1v) is 16.1. The van der Waals surface area contributed by atoms with Gasteiger partial charge in [0.05, 0.1) is 35.9 Å². The average molecular weight is 629 g/mol. The summed E-state index contributed by atoms with van der Waals surface area (Å²) in [7, 11) is 1.61. The molecule has 7 rings (SSSR count). The van der Waals surface area contributed by atoms with Gasteiger partial charge in [0.2, 0.25) is 5.88 Å². The third kappa shape index (κ3) is 5.82. The minimum absolute atomic E-state index is 0.0169. The van der Waals surface area contributed by atoms with Gasteiger partial charge in [0.25, 0.3) is 0 Å². The van der Waals surface area contributed by atoms with Gasteiger partial charge >= 0.3 is 0 Å². The van der Waals surface area contributed by atoms with Crippen LogP contribution in [0.4, 0.5) is 21.6 Å². The summed E-state index contributed by atoms with van der Waals surface area (Å²) in [6.45, 7) is 8.05. The van der Waals surface area contributed by atoms with E-state index in [9.17, 15) is 4.79 Å². The third-order valence-electron chi connectivity index (χ3n) is 9.47. The maximum absolute atomic E-state index is 15.9. The topological polar surface area (TPSA) is 114 Å². The first kappa shape index (κ1) is 30.2. The van der Waals surface area contributed by atoms with Crippen LogP contribution >= 0.6 is 0 Å². The van der Waals surface area contributed by atoms with Crippen LogP contribution in [0.15, 0.2) is 53.7 Å². The summed E-state index contributed by atoms with van der Waals surface area (Å²) in [6, 6.07) is 9.31. The lowest BCUT2D eigenvalue weighted by atomic mass is 10.0. The average Bonchev–Trinajstić information content (AvgIpc) is 3.08. The van der Waals surface area contributed by atoms with Crippen molar-refractivity contribution >= 4 is 28.1 Å². The number of piperidine rings is 1. The lowest BCUT2D eigenvalue weighted by molar-refractivity contribution is 0.157. The largest absolute Gasteiger partial charge is 0.487 e. The molecule has 0 spiro atoms. The number of pyridine rings is 3. The molecule has 3 aliphatic heterocycles. The number of aromatic nitrogens is 3. The summed E-state index contributed by atoms with van der Waals surface area (Å²) >= 11 is 0. The van der Waals surface area contributed by atoms with Gasteiger partial charge in [-0.05, 0) is 49.6 Å². The minimum Gasteiger partial charge on any atom is -0.487 e. The van der Waals surface area contributed by atoms with Gasteiger partial charge in [0.1, 0.15) is 18.1 Å². The highest BCUT2D eigenvalue weighted by atomic mass is 19.1. The van der Waals surface area contributed by atoms with E-state index in [1.165, 1.54) is 6.07 Å². The van der Waals surface area contributed by atoms with Gasteiger partial charge < -0.3 is 34.9 Å². The van der Waals surface area contributed by atoms with Crippen molar-refractivity contribution in [3.05, 3.63) is 76.1 Å². The van der Waals surface area contributed by atoms with Crippen LogP contribution in [0, 0.1) is 5.82 Å². The molecule has 3 aromatic heterocycles. The van der Waals surface area contributed by atoms with E-state index in [4.69, 9.17) is 15.2 Å². The zero-order chi connectivity index (χ0) is 31.8. The van der Waals surface area contributed by atoms with Gasteiger partial charge in [-0.15, -0.1) is 0 Å². The maximum atomic E-state index is 15.9. The smallest absolute Gasteiger partial charge is 0.213 e. The van der Waals surface area contributed by atoms with Gasteiger partial charge in [-0.25, -0.2) is 14.4 Å². The molecule has 3 aliphatic rings. The summed E-state index contributed by atoms with van der Waals surface area (Å²) in [5, 5.41) is 3.68. The molecule has 0 aliphatic carbocycles. The number of halogens is 1. The molecule has 0 saturated carbocycles. The molecule has 0 amide bonds. The number of anilines is 3. The Hall–Kier alpha value is -4.42. The van der Waals surface area contributed by atoms with Crippen LogP contribution in [0.25, 0.3) is 10.9 Å². The van der Waals surface area contributed by atoms with Crippen molar-refractivity contribution in [3.63, 3.8) is 0 Å². The zero-order valence-electron chi connectivity index (χ0n) is 26.4. The fourth-order valence-electron chi connectivity index (χ4n) is 7.06. The molecule has 0 bridgehead atoms. The number of hydrogen-bond donors (Lipinski definition) is 2. The third-order valence-corrected chi connectivity index (χ3v) is 9.47. The Bertz CT molecular complexity index is 1780. The van der Waals surface area contributed by atoms with Crippen molar-refractivity contribution in [2.24, 2.45) is 0 Å². The second kappa shape index (κ2) is 12.8. The molecule has 12 heteroatoms. The number of nitrogens with one attached hydrogen (secondary N) is 1. The van der Waals surface area contributed by atoms with Crippen LogP contribution in [0.1, 0.15) is 36.9 Å². The number of hydrogen-bond acceptors (Lipinski definition) is 10. The summed E-state index contributed by atoms with van der Waals surface area (Å²) in [5.41, 5.74) is 9.52. The number of benzene rings is 1. The standard InChI is InChI=1S/C34H41FN8O3/c1-22-21-46-34-31-27(15-28(35)32(34)40-12-9-37-10-13-40)33(44)24(19-43(22)31)18-42(17-23-7-8-38-30(14-23)45-2)26-4-3-11-41(20-26)25-5-6-29(36)39-16-25/h5-8,14-16,19,22,26,37H,3-4,9-13,17-18,20-21H2,1-2H3,(H2,36,39)/t22?,26-/m0/s1. The Morgan fingerprint density at radius 3 is 2.76 bits per heavy atom. The molecule has 2 saturated heterocycles. The van der Waals surface area contributed by atoms with Gasteiger partial charge in [-0.1, -0.05) is 0 Å². The zero-order valence-corrected chi connectivity index (χ0v) is 26.4. The number of nitrogen functional groups attached to an aromatic ring is 1. The Labute approximate surface area is 267 Å². The highest BCUT2D eigenvalue weighted by Crippen LogP contribution is 2.42. The van der Waals surface area contributed by atoms with Crippen LogP contribution in [-0.4, -0.2) is 78.5 Å². The van der Waals surface area contributed by atoms with E-state index >= 15 is 4.39 Å². The van der Waals surface area contributed by atoms with Crippen LogP contribution in [-0.2, 0) is 13.1 Å². The Balaban J connectivity index is 1.28. The van der Waals surface area contributed by atoms with Crippen LogP contribution in [0.5, 0.6) is 11.6 Å².